The first-order valence-electron chi connectivity index (χ1n) is 9.13. The molecular formula is C23H21NO4S. The zero-order chi connectivity index (χ0) is 20.5. The summed E-state index contributed by atoms with van der Waals surface area (Å²) in [6.45, 7) is 0.186. The Morgan fingerprint density at radius 2 is 1.48 bits per heavy atom. The number of nitrogens with one attached hydrogen (secondary N) is 1. The van der Waals surface area contributed by atoms with E-state index in [2.05, 4.69) is 5.32 Å². The van der Waals surface area contributed by atoms with E-state index in [1.54, 1.807) is 60.3 Å². The Bertz CT molecular complexity index is 941. The number of ether oxygens (including phenoxy) is 1. The third-order valence-electron chi connectivity index (χ3n) is 4.09. The Hall–Kier alpha value is -3.25. The van der Waals surface area contributed by atoms with Crippen molar-refractivity contribution in [3.05, 3.63) is 84.4 Å². The molecule has 1 amide bonds. The fraction of sp³-hybridized carbons (Fsp3) is 0.130. The molecule has 5 nitrogen and oxygen atoms in total. The zero-order valence-electron chi connectivity index (χ0n) is 15.7. The minimum absolute atomic E-state index is 0.200. The summed E-state index contributed by atoms with van der Waals surface area (Å²) in [6.07, 6.45) is 0. The molecule has 0 spiro atoms. The summed E-state index contributed by atoms with van der Waals surface area (Å²) in [5.41, 5.74) is 2.21. The van der Waals surface area contributed by atoms with E-state index in [-0.39, 0.29) is 18.3 Å². The summed E-state index contributed by atoms with van der Waals surface area (Å²) in [5.74, 6) is 0.0669. The van der Waals surface area contributed by atoms with Crippen LogP contribution in [0.1, 0.15) is 10.4 Å². The number of phenolic OH excluding ortho intramolecular Hbond substituents is 1. The van der Waals surface area contributed by atoms with Crippen molar-refractivity contribution in [2.45, 2.75) is 4.90 Å². The summed E-state index contributed by atoms with van der Waals surface area (Å²) in [7, 11) is 0. The fourth-order valence-electron chi connectivity index (χ4n) is 2.59. The second-order valence-electron chi connectivity index (χ2n) is 6.21. The minimum atomic E-state index is -0.545. The number of benzene rings is 3. The van der Waals surface area contributed by atoms with E-state index in [1.807, 2.05) is 30.3 Å². The number of aromatic hydroxyl groups is 1. The topological polar surface area (TPSA) is 75.6 Å². The summed E-state index contributed by atoms with van der Waals surface area (Å²) in [5, 5.41) is 12.1. The van der Waals surface area contributed by atoms with Crippen molar-refractivity contribution in [3.8, 4) is 16.9 Å². The smallest absolute Gasteiger partial charge is 0.338 e. The van der Waals surface area contributed by atoms with Crippen molar-refractivity contribution >= 4 is 23.6 Å². The molecule has 148 valence electrons. The number of esters is 1. The lowest BCUT2D eigenvalue weighted by atomic mass is 10.0. The van der Waals surface area contributed by atoms with E-state index in [4.69, 9.17) is 4.74 Å². The quantitative estimate of drug-likeness (QED) is 0.334. The van der Waals surface area contributed by atoms with Crippen LogP contribution in [0.15, 0.2) is 83.8 Å². The number of amides is 1. The largest absolute Gasteiger partial charge is 0.508 e. The van der Waals surface area contributed by atoms with Crippen molar-refractivity contribution in [1.29, 1.82) is 0 Å². The molecule has 6 heteroatoms. The molecule has 2 N–H and O–H groups in total. The Kier molecular flexibility index (Phi) is 7.30. The lowest BCUT2D eigenvalue weighted by Gasteiger charge is -2.07. The number of rotatable bonds is 8. The van der Waals surface area contributed by atoms with Gasteiger partial charge in [-0.25, -0.2) is 4.79 Å². The average molecular weight is 407 g/mol. The fourth-order valence-corrected chi connectivity index (χ4v) is 3.38. The summed E-state index contributed by atoms with van der Waals surface area (Å²) in [4.78, 5) is 25.1. The lowest BCUT2D eigenvalue weighted by Crippen LogP contribution is -2.30. The van der Waals surface area contributed by atoms with E-state index in [9.17, 15) is 14.7 Å². The number of phenols is 1. The standard InChI is InChI=1S/C23H21NO4S/c25-20-12-10-18(11-13-20)17-6-8-19(9-7-17)23(27)28-16-22(26)24-14-15-29-21-4-2-1-3-5-21/h1-13,25H,14-16H2,(H,24,26). The molecule has 0 aliphatic carbocycles. The first-order valence-corrected chi connectivity index (χ1v) is 10.1. The van der Waals surface area contributed by atoms with E-state index < -0.39 is 5.97 Å². The predicted octanol–water partition coefficient (Wildman–Crippen LogP) is 4.12. The Morgan fingerprint density at radius 3 is 2.14 bits per heavy atom. The van der Waals surface area contributed by atoms with Gasteiger partial charge in [-0.05, 0) is 47.5 Å². The molecule has 0 bridgehead atoms. The number of carbonyl (C=O) groups excluding carboxylic acids is 2. The summed E-state index contributed by atoms with van der Waals surface area (Å²) in [6, 6.07) is 23.6. The Balaban J connectivity index is 1.40. The van der Waals surface area contributed by atoms with Gasteiger partial charge in [-0.2, -0.15) is 0 Å². The molecule has 0 aliphatic rings. The predicted molar refractivity (Wildman–Crippen MR) is 114 cm³/mol. The molecule has 0 aliphatic heterocycles. The highest BCUT2D eigenvalue weighted by molar-refractivity contribution is 7.99. The molecule has 0 fully saturated rings. The molecule has 3 aromatic carbocycles. The first kappa shape index (κ1) is 20.5. The van der Waals surface area contributed by atoms with Gasteiger partial charge in [0.05, 0.1) is 5.56 Å². The molecular weight excluding hydrogens is 386 g/mol. The zero-order valence-corrected chi connectivity index (χ0v) is 16.5. The molecule has 0 radical (unpaired) electrons. The van der Waals surface area contributed by atoms with Crippen molar-refractivity contribution < 1.29 is 19.4 Å². The van der Waals surface area contributed by atoms with E-state index >= 15 is 0 Å². The van der Waals surface area contributed by atoms with Crippen LogP contribution in [0.2, 0.25) is 0 Å². The van der Waals surface area contributed by atoms with Crippen LogP contribution < -0.4 is 5.32 Å². The molecule has 0 atom stereocenters. The molecule has 0 saturated heterocycles. The van der Waals surface area contributed by atoms with Crippen LogP contribution in [-0.4, -0.2) is 35.9 Å². The number of hydrogen-bond acceptors (Lipinski definition) is 5. The van der Waals surface area contributed by atoms with Crippen LogP contribution in [0.25, 0.3) is 11.1 Å². The number of thioether (sulfide) groups is 1. The summed E-state index contributed by atoms with van der Waals surface area (Å²) < 4.78 is 5.08. The van der Waals surface area contributed by atoms with Crippen molar-refractivity contribution in [2.75, 3.05) is 18.9 Å². The average Bonchev–Trinajstić information content (AvgIpc) is 2.76. The van der Waals surface area contributed by atoms with Gasteiger partial charge in [-0.1, -0.05) is 42.5 Å². The third kappa shape index (κ3) is 6.40. The molecule has 3 rings (SSSR count). The normalized spacial score (nSPS) is 10.3. The maximum atomic E-state index is 12.1. The highest BCUT2D eigenvalue weighted by Gasteiger charge is 2.10. The second kappa shape index (κ2) is 10.3. The van der Waals surface area contributed by atoms with Gasteiger partial charge in [0, 0.05) is 17.2 Å². The second-order valence-corrected chi connectivity index (χ2v) is 7.38. The molecule has 0 unspecified atom stereocenters. The van der Waals surface area contributed by atoms with Crippen LogP contribution in [-0.2, 0) is 9.53 Å². The molecule has 29 heavy (non-hydrogen) atoms. The highest BCUT2D eigenvalue weighted by Crippen LogP contribution is 2.22. The van der Waals surface area contributed by atoms with Crippen LogP contribution >= 0.6 is 11.8 Å². The van der Waals surface area contributed by atoms with Crippen molar-refractivity contribution in [1.82, 2.24) is 5.32 Å². The minimum Gasteiger partial charge on any atom is -0.508 e. The van der Waals surface area contributed by atoms with Crippen LogP contribution in [0, 0.1) is 0 Å². The van der Waals surface area contributed by atoms with Gasteiger partial charge in [-0.3, -0.25) is 4.79 Å². The van der Waals surface area contributed by atoms with Crippen molar-refractivity contribution in [2.24, 2.45) is 0 Å². The van der Waals surface area contributed by atoms with E-state index in [0.29, 0.717) is 12.1 Å². The first-order chi connectivity index (χ1) is 14.1. The molecule has 0 aromatic heterocycles. The van der Waals surface area contributed by atoms with Crippen LogP contribution in [0.4, 0.5) is 0 Å². The van der Waals surface area contributed by atoms with Crippen LogP contribution in [0.3, 0.4) is 0 Å². The van der Waals surface area contributed by atoms with Gasteiger partial charge < -0.3 is 15.2 Å². The monoisotopic (exact) mass is 407 g/mol. The van der Waals surface area contributed by atoms with Gasteiger partial charge in [0.15, 0.2) is 6.61 Å². The van der Waals surface area contributed by atoms with E-state index in [1.165, 1.54) is 0 Å². The summed E-state index contributed by atoms with van der Waals surface area (Å²) >= 11 is 1.65. The Morgan fingerprint density at radius 1 is 0.862 bits per heavy atom. The van der Waals surface area contributed by atoms with Crippen LogP contribution in [0.5, 0.6) is 5.75 Å². The lowest BCUT2D eigenvalue weighted by molar-refractivity contribution is -0.124. The van der Waals surface area contributed by atoms with Gasteiger partial charge in [-0.15, -0.1) is 11.8 Å². The maximum Gasteiger partial charge on any atom is 0.338 e. The molecule has 0 saturated carbocycles. The molecule has 3 aromatic rings. The van der Waals surface area contributed by atoms with Gasteiger partial charge in [0.25, 0.3) is 5.91 Å². The van der Waals surface area contributed by atoms with E-state index in [0.717, 1.165) is 21.8 Å². The number of carbonyl (C=O) groups is 2. The SMILES string of the molecule is O=C(COC(=O)c1ccc(-c2ccc(O)cc2)cc1)NCCSc1ccccc1. The molecule has 0 heterocycles. The van der Waals surface area contributed by atoms with Gasteiger partial charge in [0.2, 0.25) is 0 Å². The number of hydrogen-bond donors (Lipinski definition) is 2. The highest BCUT2D eigenvalue weighted by atomic mass is 32.2. The maximum absolute atomic E-state index is 12.1. The van der Waals surface area contributed by atoms with Crippen molar-refractivity contribution in [3.63, 3.8) is 0 Å². The Labute approximate surface area is 173 Å². The van der Waals surface area contributed by atoms with Gasteiger partial charge in [0.1, 0.15) is 5.75 Å². The third-order valence-corrected chi connectivity index (χ3v) is 5.11. The van der Waals surface area contributed by atoms with Gasteiger partial charge >= 0.3 is 5.97 Å².